The van der Waals surface area contributed by atoms with E-state index >= 15 is 0 Å². The average molecular weight is 508 g/mol. The predicted octanol–water partition coefficient (Wildman–Crippen LogP) is 4.84. The molecule has 2 N–H and O–H groups in total. The summed E-state index contributed by atoms with van der Waals surface area (Å²) in [7, 11) is 0. The van der Waals surface area contributed by atoms with Crippen molar-refractivity contribution in [3.63, 3.8) is 0 Å². The number of aromatic nitrogens is 1. The molecule has 9 heteroatoms. The van der Waals surface area contributed by atoms with Gasteiger partial charge in [-0.3, -0.25) is 19.8 Å². The Bertz CT molecular complexity index is 1440. The number of aromatic carboxylic acids is 1. The van der Waals surface area contributed by atoms with Crippen LogP contribution < -0.4 is 10.2 Å². The van der Waals surface area contributed by atoms with Crippen LogP contribution in [-0.4, -0.2) is 32.6 Å². The van der Waals surface area contributed by atoms with Gasteiger partial charge >= 0.3 is 5.97 Å². The van der Waals surface area contributed by atoms with E-state index in [4.69, 9.17) is 23.8 Å². The molecule has 4 rings (SSSR count). The van der Waals surface area contributed by atoms with Crippen molar-refractivity contribution in [2.45, 2.75) is 27.2 Å². The number of carboxylic acid groups (broad SMARTS) is 1. The molecule has 0 radical (unpaired) electrons. The molecule has 0 aliphatic carbocycles. The molecule has 7 nitrogen and oxygen atoms in total. The van der Waals surface area contributed by atoms with E-state index in [1.807, 2.05) is 49.6 Å². The van der Waals surface area contributed by atoms with Crippen LogP contribution in [0.25, 0.3) is 11.8 Å². The highest BCUT2D eigenvalue weighted by Gasteiger charge is 2.35. The topological polar surface area (TPSA) is 91.6 Å². The lowest BCUT2D eigenvalue weighted by atomic mass is 10.0. The molecule has 0 saturated carbocycles. The summed E-state index contributed by atoms with van der Waals surface area (Å²) in [6.07, 6.45) is 2.24. The van der Waals surface area contributed by atoms with Gasteiger partial charge in [-0.25, -0.2) is 4.79 Å². The molecule has 1 aromatic heterocycles. The molecule has 1 aliphatic rings. The fourth-order valence-corrected chi connectivity index (χ4v) is 4.74. The van der Waals surface area contributed by atoms with Crippen LogP contribution >= 0.6 is 23.8 Å². The third-order valence-corrected chi connectivity index (χ3v) is 6.52. The molecule has 3 aromatic rings. The van der Waals surface area contributed by atoms with Gasteiger partial charge < -0.3 is 9.67 Å². The van der Waals surface area contributed by atoms with Gasteiger partial charge in [0.2, 0.25) is 0 Å². The van der Waals surface area contributed by atoms with Crippen molar-refractivity contribution in [3.05, 3.63) is 87.2 Å². The molecular weight excluding hydrogens is 486 g/mol. The Morgan fingerprint density at radius 3 is 2.51 bits per heavy atom. The number of rotatable bonds is 5. The van der Waals surface area contributed by atoms with Gasteiger partial charge in [0.1, 0.15) is 5.57 Å². The van der Waals surface area contributed by atoms with Crippen LogP contribution in [0.15, 0.2) is 54.1 Å². The number of nitrogens with zero attached hydrogens (tertiary/aromatic N) is 2. The highest BCUT2D eigenvalue weighted by atomic mass is 35.5. The van der Waals surface area contributed by atoms with Crippen molar-refractivity contribution in [2.75, 3.05) is 4.90 Å². The van der Waals surface area contributed by atoms with Crippen molar-refractivity contribution in [1.29, 1.82) is 0 Å². The summed E-state index contributed by atoms with van der Waals surface area (Å²) in [4.78, 5) is 38.9. The molecule has 1 aliphatic heterocycles. The number of carbonyl (C=O) groups is 3. The number of benzene rings is 2. The third kappa shape index (κ3) is 4.38. The molecule has 0 unspecified atom stereocenters. The van der Waals surface area contributed by atoms with Gasteiger partial charge in [-0.15, -0.1) is 0 Å². The maximum atomic E-state index is 13.5. The summed E-state index contributed by atoms with van der Waals surface area (Å²) >= 11 is 11.5. The summed E-state index contributed by atoms with van der Waals surface area (Å²) in [6, 6.07) is 13.9. The van der Waals surface area contributed by atoms with Crippen molar-refractivity contribution in [2.24, 2.45) is 0 Å². The zero-order valence-electron chi connectivity index (χ0n) is 19.3. The number of para-hydroxylation sites is 1. The second-order valence-electron chi connectivity index (χ2n) is 8.07. The molecule has 0 atom stereocenters. The third-order valence-electron chi connectivity index (χ3n) is 5.93. The van der Waals surface area contributed by atoms with Gasteiger partial charge in [0, 0.05) is 17.1 Å². The van der Waals surface area contributed by atoms with Crippen molar-refractivity contribution >= 4 is 58.5 Å². The Balaban J connectivity index is 1.77. The predicted molar refractivity (Wildman–Crippen MR) is 139 cm³/mol. The van der Waals surface area contributed by atoms with E-state index in [-0.39, 0.29) is 21.3 Å². The van der Waals surface area contributed by atoms with Gasteiger partial charge in [-0.05, 0) is 80.0 Å². The van der Waals surface area contributed by atoms with Crippen LogP contribution in [0.2, 0.25) is 5.02 Å². The Labute approximate surface area is 212 Å². The number of anilines is 1. The number of nitrogens with one attached hydrogen (secondary N) is 1. The van der Waals surface area contributed by atoms with Crippen LogP contribution in [0.3, 0.4) is 0 Å². The second-order valence-corrected chi connectivity index (χ2v) is 8.87. The van der Waals surface area contributed by atoms with E-state index in [9.17, 15) is 19.5 Å². The highest BCUT2D eigenvalue weighted by molar-refractivity contribution is 7.80. The number of hydrogen-bond acceptors (Lipinski definition) is 4. The van der Waals surface area contributed by atoms with Crippen LogP contribution in [0.5, 0.6) is 0 Å². The molecule has 0 bridgehead atoms. The quantitative estimate of drug-likeness (QED) is 0.293. The smallest absolute Gasteiger partial charge is 0.337 e. The van der Waals surface area contributed by atoms with Crippen molar-refractivity contribution in [3.8, 4) is 5.69 Å². The first-order chi connectivity index (χ1) is 16.6. The Morgan fingerprint density at radius 2 is 1.86 bits per heavy atom. The SMILES string of the molecule is CCc1ccccc1N1C(=O)/C(=C/c2cc(C)n(-c3ccc(C(=O)O)c(Cl)c3)c2C)C(=O)NC1=S. The standard InChI is InChI=1S/C26H22ClN3O4S/c1-4-16-7-5-6-8-22(16)30-24(32)20(23(31)28-26(30)35)12-17-11-14(2)29(15(17)3)18-9-10-19(25(33)34)21(27)13-18/h5-13H,4H2,1-3H3,(H,33,34)(H,28,31,35)/b20-12+. The molecular formula is C26H22ClN3O4S. The second kappa shape index (κ2) is 9.48. The molecule has 2 aromatic carbocycles. The van der Waals surface area contributed by atoms with Crippen molar-refractivity contribution in [1.82, 2.24) is 9.88 Å². The fourth-order valence-electron chi connectivity index (χ4n) is 4.21. The highest BCUT2D eigenvalue weighted by Crippen LogP contribution is 2.29. The minimum Gasteiger partial charge on any atom is -0.478 e. The monoisotopic (exact) mass is 507 g/mol. The largest absolute Gasteiger partial charge is 0.478 e. The zero-order valence-corrected chi connectivity index (χ0v) is 20.8. The lowest BCUT2D eigenvalue weighted by molar-refractivity contribution is -0.122. The van der Waals surface area contributed by atoms with Gasteiger partial charge in [0.05, 0.1) is 16.3 Å². The van der Waals surface area contributed by atoms with E-state index in [2.05, 4.69) is 5.32 Å². The first-order valence-corrected chi connectivity index (χ1v) is 11.6. The Hall–Kier alpha value is -3.75. The summed E-state index contributed by atoms with van der Waals surface area (Å²) in [5.41, 5.74) is 4.43. The van der Waals surface area contributed by atoms with Gasteiger partial charge in [0.15, 0.2) is 5.11 Å². The molecule has 35 heavy (non-hydrogen) atoms. The number of halogens is 1. The minimum atomic E-state index is -1.11. The maximum Gasteiger partial charge on any atom is 0.337 e. The van der Waals surface area contributed by atoms with E-state index in [1.54, 1.807) is 24.3 Å². The Morgan fingerprint density at radius 1 is 1.14 bits per heavy atom. The summed E-state index contributed by atoms with van der Waals surface area (Å²) in [6.45, 7) is 5.70. The number of hydrogen-bond donors (Lipinski definition) is 2. The van der Waals surface area contributed by atoms with Gasteiger partial charge in [-0.2, -0.15) is 0 Å². The first kappa shape index (κ1) is 24.4. The number of carbonyl (C=O) groups excluding carboxylic acids is 2. The van der Waals surface area contributed by atoms with Crippen LogP contribution in [0, 0.1) is 13.8 Å². The van der Waals surface area contributed by atoms with E-state index < -0.39 is 17.8 Å². The lowest BCUT2D eigenvalue weighted by Gasteiger charge is -2.30. The zero-order chi connectivity index (χ0) is 25.4. The van der Waals surface area contributed by atoms with Crippen LogP contribution in [-0.2, 0) is 16.0 Å². The molecule has 1 saturated heterocycles. The number of thiocarbonyl (C=S) groups is 1. The van der Waals surface area contributed by atoms with Crippen LogP contribution in [0.1, 0.15) is 39.8 Å². The number of aryl methyl sites for hydroxylation is 2. The number of carboxylic acids is 1. The normalized spacial score (nSPS) is 15.0. The lowest BCUT2D eigenvalue weighted by Crippen LogP contribution is -2.54. The van der Waals surface area contributed by atoms with Gasteiger partial charge in [0.25, 0.3) is 11.8 Å². The molecule has 2 heterocycles. The molecule has 1 fully saturated rings. The number of amides is 2. The molecule has 0 spiro atoms. The maximum absolute atomic E-state index is 13.5. The summed E-state index contributed by atoms with van der Waals surface area (Å²) in [5.74, 6) is -2.18. The Kier molecular flexibility index (Phi) is 6.60. The first-order valence-electron chi connectivity index (χ1n) is 10.9. The fraction of sp³-hybridized carbons (Fsp3) is 0.154. The average Bonchev–Trinajstić information content (AvgIpc) is 3.09. The molecule has 2 amide bonds. The van der Waals surface area contributed by atoms with Crippen molar-refractivity contribution < 1.29 is 19.5 Å². The van der Waals surface area contributed by atoms with Crippen LogP contribution in [0.4, 0.5) is 5.69 Å². The van der Waals surface area contributed by atoms with E-state index in [0.717, 1.165) is 17.0 Å². The van der Waals surface area contributed by atoms with E-state index in [0.29, 0.717) is 23.4 Å². The summed E-state index contributed by atoms with van der Waals surface area (Å²) in [5, 5.41) is 12.0. The summed E-state index contributed by atoms with van der Waals surface area (Å²) < 4.78 is 1.88. The molecule has 178 valence electrons. The van der Waals surface area contributed by atoms with E-state index in [1.165, 1.54) is 11.0 Å². The van der Waals surface area contributed by atoms with Gasteiger partial charge in [-0.1, -0.05) is 36.7 Å². The minimum absolute atomic E-state index is 0.00751.